The fraction of sp³-hybridized carbons (Fsp3) is 0.300. The minimum atomic E-state index is -4.37. The zero-order valence-corrected chi connectivity index (χ0v) is 19.7. The Hall–Kier alpha value is -2.21. The number of halogens is 5. The van der Waals surface area contributed by atoms with Gasteiger partial charge in [0, 0.05) is 26.7 Å². The van der Waals surface area contributed by atoms with E-state index in [9.17, 15) is 18.0 Å². The number of guanidine groups is 1. The van der Waals surface area contributed by atoms with Crippen molar-refractivity contribution in [2.45, 2.75) is 12.7 Å². The van der Waals surface area contributed by atoms with Gasteiger partial charge < -0.3 is 20.7 Å². The minimum Gasteiger partial charge on any atom is -0.484 e. The number of alkyl halides is 3. The second-order valence-corrected chi connectivity index (χ2v) is 6.54. The lowest BCUT2D eigenvalue weighted by Gasteiger charge is -2.13. The first-order valence-electron chi connectivity index (χ1n) is 9.04. The molecule has 2 aromatic carbocycles. The van der Waals surface area contributed by atoms with Gasteiger partial charge in [0.05, 0.1) is 10.6 Å². The van der Waals surface area contributed by atoms with E-state index in [1.807, 2.05) is 0 Å². The Labute approximate surface area is 200 Å². The van der Waals surface area contributed by atoms with Crippen molar-refractivity contribution in [3.05, 3.63) is 64.7 Å². The summed E-state index contributed by atoms with van der Waals surface area (Å²) < 4.78 is 41.2. The number of hydrogen-bond donors (Lipinski definition) is 3. The molecular weight excluding hydrogens is 548 g/mol. The van der Waals surface area contributed by atoms with Gasteiger partial charge in [-0.25, -0.2) is 0 Å². The highest BCUT2D eigenvalue weighted by Gasteiger charge is 2.28. The summed E-state index contributed by atoms with van der Waals surface area (Å²) in [4.78, 5) is 16.2. The molecule has 0 atom stereocenters. The zero-order chi connectivity index (χ0) is 22.0. The molecule has 3 N–H and O–H groups in total. The van der Waals surface area contributed by atoms with E-state index >= 15 is 0 Å². The van der Waals surface area contributed by atoms with Gasteiger partial charge in [-0.2, -0.15) is 13.2 Å². The molecule has 0 aliphatic heterocycles. The van der Waals surface area contributed by atoms with Crippen LogP contribution in [0.2, 0.25) is 5.02 Å². The largest absolute Gasteiger partial charge is 0.484 e. The molecule has 2 rings (SSSR count). The standard InChI is InChI=1S/C20H22ClF3N4O2.HI/c1-25-19(27-11-10-26-18(29)16-4-2-3-5-17(16)21)28-12-14-6-8-15(9-7-14)30-13-20(22,23)24;/h2-9H,10-13H2,1H3,(H,26,29)(H2,25,27,28);1H. The van der Waals surface area contributed by atoms with Gasteiger partial charge in [-0.15, -0.1) is 24.0 Å². The molecule has 0 unspecified atom stereocenters. The first-order valence-corrected chi connectivity index (χ1v) is 9.42. The second kappa shape index (κ2) is 13.3. The number of hydrogen-bond acceptors (Lipinski definition) is 3. The van der Waals surface area contributed by atoms with E-state index in [0.29, 0.717) is 36.2 Å². The average molecular weight is 571 g/mol. The summed E-state index contributed by atoms with van der Waals surface area (Å²) in [5.74, 6) is 0.394. The number of amides is 1. The number of aliphatic imine (C=N–C) groups is 1. The van der Waals surface area contributed by atoms with E-state index < -0.39 is 12.8 Å². The summed E-state index contributed by atoms with van der Waals surface area (Å²) in [5.41, 5.74) is 1.24. The molecule has 31 heavy (non-hydrogen) atoms. The first kappa shape index (κ1) is 26.8. The lowest BCUT2D eigenvalue weighted by molar-refractivity contribution is -0.153. The van der Waals surface area contributed by atoms with Crippen LogP contribution in [0.25, 0.3) is 0 Å². The second-order valence-electron chi connectivity index (χ2n) is 6.14. The Kier molecular flexibility index (Phi) is 11.5. The summed E-state index contributed by atoms with van der Waals surface area (Å²) >= 11 is 5.99. The van der Waals surface area contributed by atoms with E-state index in [0.717, 1.165) is 5.56 Å². The van der Waals surface area contributed by atoms with Gasteiger partial charge in [0.25, 0.3) is 5.91 Å². The maximum atomic E-state index is 12.2. The lowest BCUT2D eigenvalue weighted by atomic mass is 10.2. The summed E-state index contributed by atoms with van der Waals surface area (Å²) in [7, 11) is 1.60. The van der Waals surface area contributed by atoms with E-state index in [2.05, 4.69) is 25.7 Å². The Balaban J connectivity index is 0.00000480. The zero-order valence-electron chi connectivity index (χ0n) is 16.6. The molecule has 0 spiro atoms. The normalized spacial score (nSPS) is 11.3. The van der Waals surface area contributed by atoms with Crippen molar-refractivity contribution < 1.29 is 22.7 Å². The van der Waals surface area contributed by atoms with Gasteiger partial charge in [-0.1, -0.05) is 35.9 Å². The molecule has 170 valence electrons. The molecule has 2 aromatic rings. The monoisotopic (exact) mass is 570 g/mol. The lowest BCUT2D eigenvalue weighted by Crippen LogP contribution is -2.41. The summed E-state index contributed by atoms with van der Waals surface area (Å²) in [6.45, 7) is -0.130. The summed E-state index contributed by atoms with van der Waals surface area (Å²) in [5, 5.41) is 9.27. The van der Waals surface area contributed by atoms with Crippen molar-refractivity contribution in [2.75, 3.05) is 26.7 Å². The van der Waals surface area contributed by atoms with Crippen LogP contribution >= 0.6 is 35.6 Å². The minimum absolute atomic E-state index is 0. The fourth-order valence-electron chi connectivity index (χ4n) is 2.37. The maximum absolute atomic E-state index is 12.2. The van der Waals surface area contributed by atoms with Crippen LogP contribution in [0.1, 0.15) is 15.9 Å². The molecule has 0 saturated heterocycles. The highest BCUT2D eigenvalue weighted by molar-refractivity contribution is 14.0. The number of rotatable bonds is 8. The van der Waals surface area contributed by atoms with Gasteiger partial charge in [0.15, 0.2) is 12.6 Å². The molecule has 0 aromatic heterocycles. The fourth-order valence-corrected chi connectivity index (χ4v) is 2.59. The van der Waals surface area contributed by atoms with Crippen molar-refractivity contribution >= 4 is 47.4 Å². The van der Waals surface area contributed by atoms with E-state index in [1.54, 1.807) is 43.4 Å². The van der Waals surface area contributed by atoms with Crippen LogP contribution in [0.15, 0.2) is 53.5 Å². The Morgan fingerprint density at radius 1 is 1.03 bits per heavy atom. The molecule has 6 nitrogen and oxygen atoms in total. The number of benzene rings is 2. The molecule has 0 aliphatic carbocycles. The number of ether oxygens (including phenoxy) is 1. The summed E-state index contributed by atoms with van der Waals surface area (Å²) in [6.07, 6.45) is -4.37. The van der Waals surface area contributed by atoms with Crippen LogP contribution in [0.5, 0.6) is 5.75 Å². The Morgan fingerprint density at radius 2 is 1.68 bits per heavy atom. The Bertz CT molecular complexity index is 864. The third-order valence-electron chi connectivity index (χ3n) is 3.83. The number of carbonyl (C=O) groups excluding carboxylic acids is 1. The molecule has 0 saturated carbocycles. The third-order valence-corrected chi connectivity index (χ3v) is 4.16. The summed E-state index contributed by atoms with van der Waals surface area (Å²) in [6, 6.07) is 13.1. The SMILES string of the molecule is CN=C(NCCNC(=O)c1ccccc1Cl)NCc1ccc(OCC(F)(F)F)cc1.I. The van der Waals surface area contributed by atoms with E-state index in [1.165, 1.54) is 12.1 Å². The molecule has 11 heteroatoms. The highest BCUT2D eigenvalue weighted by atomic mass is 127. The molecule has 0 aliphatic rings. The van der Waals surface area contributed by atoms with Gasteiger partial charge in [-0.3, -0.25) is 9.79 Å². The van der Waals surface area contributed by atoms with Crippen LogP contribution in [0.4, 0.5) is 13.2 Å². The molecule has 0 bridgehead atoms. The van der Waals surface area contributed by atoms with Crippen LogP contribution < -0.4 is 20.7 Å². The smallest absolute Gasteiger partial charge is 0.422 e. The van der Waals surface area contributed by atoms with Crippen LogP contribution in [-0.2, 0) is 6.54 Å². The first-order chi connectivity index (χ1) is 14.3. The van der Waals surface area contributed by atoms with Crippen molar-refractivity contribution in [1.82, 2.24) is 16.0 Å². The van der Waals surface area contributed by atoms with Gasteiger partial charge in [-0.05, 0) is 29.8 Å². The van der Waals surface area contributed by atoms with Crippen molar-refractivity contribution in [2.24, 2.45) is 4.99 Å². The maximum Gasteiger partial charge on any atom is 0.422 e. The van der Waals surface area contributed by atoms with Gasteiger partial charge in [0.2, 0.25) is 0 Å². The quantitative estimate of drug-likeness (QED) is 0.194. The van der Waals surface area contributed by atoms with Gasteiger partial charge >= 0.3 is 6.18 Å². The average Bonchev–Trinajstić information content (AvgIpc) is 2.72. The third kappa shape index (κ3) is 10.1. The molecular formula is C20H23ClF3IN4O2. The molecule has 0 fully saturated rings. The van der Waals surface area contributed by atoms with E-state index in [-0.39, 0.29) is 35.6 Å². The predicted octanol–water partition coefficient (Wildman–Crippen LogP) is 3.99. The number of nitrogens with one attached hydrogen (secondary N) is 3. The number of carbonyl (C=O) groups is 1. The van der Waals surface area contributed by atoms with Crippen LogP contribution in [0, 0.1) is 0 Å². The molecule has 0 heterocycles. The highest BCUT2D eigenvalue weighted by Crippen LogP contribution is 2.18. The molecule has 0 radical (unpaired) electrons. The predicted molar refractivity (Wildman–Crippen MR) is 125 cm³/mol. The van der Waals surface area contributed by atoms with Crippen LogP contribution in [-0.4, -0.2) is 44.8 Å². The van der Waals surface area contributed by atoms with Gasteiger partial charge in [0.1, 0.15) is 5.75 Å². The van der Waals surface area contributed by atoms with Crippen molar-refractivity contribution in [1.29, 1.82) is 0 Å². The Morgan fingerprint density at radius 3 is 2.29 bits per heavy atom. The topological polar surface area (TPSA) is 74.8 Å². The van der Waals surface area contributed by atoms with Crippen LogP contribution in [0.3, 0.4) is 0 Å². The number of nitrogens with zero attached hydrogens (tertiary/aromatic N) is 1. The van der Waals surface area contributed by atoms with Crippen molar-refractivity contribution in [3.8, 4) is 5.75 Å². The molecule has 1 amide bonds. The van der Waals surface area contributed by atoms with E-state index in [4.69, 9.17) is 11.6 Å². The van der Waals surface area contributed by atoms with Crippen molar-refractivity contribution in [3.63, 3.8) is 0 Å².